The molecule has 0 aliphatic carbocycles. The number of nitrogens with zero attached hydrogens (tertiary/aromatic N) is 2. The third-order valence-electron chi connectivity index (χ3n) is 2.46. The molecule has 0 bridgehead atoms. The van der Waals surface area contributed by atoms with E-state index < -0.39 is 0 Å². The van der Waals surface area contributed by atoms with Crippen LogP contribution in [-0.2, 0) is 6.42 Å². The average Bonchev–Trinajstić information content (AvgIpc) is 2.98. The summed E-state index contributed by atoms with van der Waals surface area (Å²) in [5.74, 6) is 5.34. The van der Waals surface area contributed by atoms with Crippen LogP contribution >= 0.6 is 11.3 Å². The van der Waals surface area contributed by atoms with Crippen molar-refractivity contribution >= 4 is 17.2 Å². The van der Waals surface area contributed by atoms with E-state index in [-0.39, 0.29) is 12.5 Å². The molecular formula is C14H14N4OS. The minimum absolute atomic E-state index is 0.233. The van der Waals surface area contributed by atoms with Crippen molar-refractivity contribution < 1.29 is 4.79 Å². The third-order valence-corrected chi connectivity index (χ3v) is 3.30. The Morgan fingerprint density at radius 1 is 1.40 bits per heavy atom. The molecule has 0 aromatic carbocycles. The fourth-order valence-electron chi connectivity index (χ4n) is 1.58. The number of nitrogens with two attached hydrogens (primary N) is 1. The van der Waals surface area contributed by atoms with Crippen molar-refractivity contribution in [2.45, 2.75) is 6.42 Å². The number of carbonyl (C=O) groups excluding carboxylic acids is 1. The molecule has 2 heterocycles. The largest absolute Gasteiger partial charge is 0.350 e. The van der Waals surface area contributed by atoms with Crippen molar-refractivity contribution in [2.24, 2.45) is 5.73 Å². The normalized spacial score (nSPS) is 9.65. The number of rotatable bonds is 4. The summed E-state index contributed by atoms with van der Waals surface area (Å²) >= 11 is 1.57. The molecule has 0 unspecified atom stereocenters. The molecule has 2 rings (SSSR count). The van der Waals surface area contributed by atoms with Crippen LogP contribution in [0.4, 0.5) is 0 Å². The Hall–Kier alpha value is -2.23. The first-order valence-corrected chi connectivity index (χ1v) is 6.99. The van der Waals surface area contributed by atoms with Gasteiger partial charge in [-0.2, -0.15) is 0 Å². The predicted octanol–water partition coefficient (Wildman–Crippen LogP) is 0.821. The van der Waals surface area contributed by atoms with Crippen LogP contribution in [0.15, 0.2) is 29.9 Å². The van der Waals surface area contributed by atoms with Gasteiger partial charge >= 0.3 is 0 Å². The Balaban J connectivity index is 1.98. The lowest BCUT2D eigenvalue weighted by atomic mass is 10.2. The quantitative estimate of drug-likeness (QED) is 0.815. The van der Waals surface area contributed by atoms with Crippen molar-refractivity contribution in [1.29, 1.82) is 0 Å². The summed E-state index contributed by atoms with van der Waals surface area (Å²) in [6.45, 7) is 0.771. The van der Waals surface area contributed by atoms with Crippen LogP contribution in [-0.4, -0.2) is 29.0 Å². The summed E-state index contributed by atoms with van der Waals surface area (Å²) in [5.41, 5.74) is 6.25. The number of hydrogen-bond acceptors (Lipinski definition) is 5. The van der Waals surface area contributed by atoms with E-state index in [0.717, 1.165) is 5.01 Å². The summed E-state index contributed by atoms with van der Waals surface area (Å²) < 4.78 is 0. The Morgan fingerprint density at radius 2 is 2.30 bits per heavy atom. The van der Waals surface area contributed by atoms with E-state index in [9.17, 15) is 4.79 Å². The Morgan fingerprint density at radius 3 is 3.05 bits per heavy atom. The van der Waals surface area contributed by atoms with Gasteiger partial charge in [-0.1, -0.05) is 11.8 Å². The summed E-state index contributed by atoms with van der Waals surface area (Å²) in [7, 11) is 0. The standard InChI is InChI=1S/C14H14N4OS/c15-6-1-3-11-4-2-7-17-13(11)14(19)18-8-5-12-16-9-10-20-12/h2,4,7,9-10H,5-6,8,15H2,(H,18,19). The first-order valence-electron chi connectivity index (χ1n) is 6.12. The summed E-state index contributed by atoms with van der Waals surface area (Å²) in [6, 6.07) is 3.50. The number of carbonyl (C=O) groups is 1. The highest BCUT2D eigenvalue weighted by molar-refractivity contribution is 7.09. The number of aromatic nitrogens is 2. The molecule has 6 heteroatoms. The second-order valence-electron chi connectivity index (χ2n) is 3.84. The van der Waals surface area contributed by atoms with Crippen LogP contribution in [0.25, 0.3) is 0 Å². The van der Waals surface area contributed by atoms with E-state index in [2.05, 4.69) is 27.1 Å². The molecule has 2 aromatic heterocycles. The van der Waals surface area contributed by atoms with Crippen molar-refractivity contribution in [3.63, 3.8) is 0 Å². The summed E-state index contributed by atoms with van der Waals surface area (Å²) in [4.78, 5) is 20.3. The highest BCUT2D eigenvalue weighted by atomic mass is 32.1. The van der Waals surface area contributed by atoms with Gasteiger partial charge in [0.2, 0.25) is 0 Å². The maximum atomic E-state index is 12.1. The molecule has 2 aromatic rings. The monoisotopic (exact) mass is 286 g/mol. The van der Waals surface area contributed by atoms with E-state index in [1.165, 1.54) is 0 Å². The maximum Gasteiger partial charge on any atom is 0.271 e. The lowest BCUT2D eigenvalue weighted by molar-refractivity contribution is 0.0949. The second kappa shape index (κ2) is 7.38. The van der Waals surface area contributed by atoms with Gasteiger partial charge in [0.15, 0.2) is 0 Å². The first kappa shape index (κ1) is 14.2. The van der Waals surface area contributed by atoms with Crippen molar-refractivity contribution in [1.82, 2.24) is 15.3 Å². The van der Waals surface area contributed by atoms with Crippen LogP contribution in [0.5, 0.6) is 0 Å². The lowest BCUT2D eigenvalue weighted by Gasteiger charge is -2.05. The Kier molecular flexibility index (Phi) is 5.24. The van der Waals surface area contributed by atoms with E-state index in [1.807, 2.05) is 5.38 Å². The van der Waals surface area contributed by atoms with Gasteiger partial charge in [0, 0.05) is 30.7 Å². The van der Waals surface area contributed by atoms with Gasteiger partial charge in [-0.15, -0.1) is 11.3 Å². The zero-order valence-corrected chi connectivity index (χ0v) is 11.6. The Labute approximate surface area is 121 Å². The van der Waals surface area contributed by atoms with Gasteiger partial charge in [0.1, 0.15) is 5.69 Å². The minimum atomic E-state index is -0.233. The molecule has 102 valence electrons. The van der Waals surface area contributed by atoms with Gasteiger partial charge in [-0.05, 0) is 12.1 Å². The molecular weight excluding hydrogens is 272 g/mol. The van der Waals surface area contributed by atoms with Gasteiger partial charge in [-0.3, -0.25) is 4.79 Å². The van der Waals surface area contributed by atoms with E-state index in [4.69, 9.17) is 5.73 Å². The smallest absolute Gasteiger partial charge is 0.271 e. The van der Waals surface area contributed by atoms with Crippen LogP contribution in [0.2, 0.25) is 0 Å². The van der Waals surface area contributed by atoms with Crippen LogP contribution in [0, 0.1) is 11.8 Å². The van der Waals surface area contributed by atoms with Gasteiger partial charge in [-0.25, -0.2) is 9.97 Å². The Bertz CT molecular complexity index is 628. The number of thiazole rings is 1. The minimum Gasteiger partial charge on any atom is -0.350 e. The molecule has 1 amide bonds. The van der Waals surface area contributed by atoms with Gasteiger partial charge in [0.05, 0.1) is 17.1 Å². The molecule has 0 atom stereocenters. The van der Waals surface area contributed by atoms with Crippen LogP contribution in [0.1, 0.15) is 21.1 Å². The van der Waals surface area contributed by atoms with E-state index in [0.29, 0.717) is 24.2 Å². The average molecular weight is 286 g/mol. The number of pyridine rings is 1. The van der Waals surface area contributed by atoms with Gasteiger partial charge < -0.3 is 11.1 Å². The highest BCUT2D eigenvalue weighted by Gasteiger charge is 2.10. The molecule has 0 aliphatic rings. The molecule has 0 saturated carbocycles. The lowest BCUT2D eigenvalue weighted by Crippen LogP contribution is -2.27. The van der Waals surface area contributed by atoms with E-state index in [1.54, 1.807) is 35.9 Å². The van der Waals surface area contributed by atoms with Crippen molar-refractivity contribution in [3.8, 4) is 11.8 Å². The number of hydrogen-bond donors (Lipinski definition) is 2. The maximum absolute atomic E-state index is 12.1. The van der Waals surface area contributed by atoms with Crippen LogP contribution < -0.4 is 11.1 Å². The van der Waals surface area contributed by atoms with Crippen LogP contribution in [0.3, 0.4) is 0 Å². The predicted molar refractivity (Wildman–Crippen MR) is 78.3 cm³/mol. The number of nitrogens with one attached hydrogen (secondary N) is 1. The summed E-state index contributed by atoms with van der Waals surface area (Å²) in [6.07, 6.45) is 4.03. The molecule has 0 saturated heterocycles. The fraction of sp³-hybridized carbons (Fsp3) is 0.214. The fourth-order valence-corrected chi connectivity index (χ4v) is 2.20. The third kappa shape index (κ3) is 3.88. The van der Waals surface area contributed by atoms with Gasteiger partial charge in [0.25, 0.3) is 5.91 Å². The summed E-state index contributed by atoms with van der Waals surface area (Å²) in [5, 5.41) is 5.73. The molecule has 0 radical (unpaired) electrons. The molecule has 0 aliphatic heterocycles. The second-order valence-corrected chi connectivity index (χ2v) is 4.82. The highest BCUT2D eigenvalue weighted by Crippen LogP contribution is 2.05. The number of amides is 1. The first-order chi connectivity index (χ1) is 9.81. The zero-order chi connectivity index (χ0) is 14.2. The zero-order valence-electron chi connectivity index (χ0n) is 10.8. The topological polar surface area (TPSA) is 80.9 Å². The molecule has 0 spiro atoms. The molecule has 3 N–H and O–H groups in total. The SMILES string of the molecule is NCC#Cc1cccnc1C(=O)NCCc1nccs1. The molecule has 0 fully saturated rings. The van der Waals surface area contributed by atoms with Crippen molar-refractivity contribution in [3.05, 3.63) is 46.2 Å². The molecule has 5 nitrogen and oxygen atoms in total. The molecule has 20 heavy (non-hydrogen) atoms. The van der Waals surface area contributed by atoms with E-state index >= 15 is 0 Å². The van der Waals surface area contributed by atoms with Crippen molar-refractivity contribution in [2.75, 3.05) is 13.1 Å².